The van der Waals surface area contributed by atoms with Crippen LogP contribution in [0.1, 0.15) is 117 Å². The highest BCUT2D eigenvalue weighted by atomic mass is 16.6. The molecular formula is C31H51N3O4. The van der Waals surface area contributed by atoms with Crippen LogP contribution in [0.2, 0.25) is 0 Å². The van der Waals surface area contributed by atoms with Crippen molar-refractivity contribution >= 4 is 17.9 Å². The summed E-state index contributed by atoms with van der Waals surface area (Å²) < 4.78 is 5.49. The number of amides is 3. The molecule has 0 aromatic heterocycles. The Bertz CT molecular complexity index is 954. The van der Waals surface area contributed by atoms with Crippen LogP contribution in [0.25, 0.3) is 0 Å². The molecule has 0 aliphatic heterocycles. The zero-order valence-corrected chi connectivity index (χ0v) is 25.4. The maximum absolute atomic E-state index is 14.5. The zero-order valence-electron chi connectivity index (χ0n) is 25.4. The summed E-state index contributed by atoms with van der Waals surface area (Å²) in [6, 6.07) is 4.37. The summed E-state index contributed by atoms with van der Waals surface area (Å²) in [5, 5.41) is 6.12. The van der Waals surface area contributed by atoms with Gasteiger partial charge in [0.25, 0.3) is 0 Å². The normalized spacial score (nSPS) is 16.5. The maximum Gasteiger partial charge on any atom is 0.408 e. The Labute approximate surface area is 230 Å². The molecule has 0 spiro atoms. The van der Waals surface area contributed by atoms with Gasteiger partial charge in [0.2, 0.25) is 11.8 Å². The first-order chi connectivity index (χ1) is 17.6. The molecule has 1 aromatic carbocycles. The summed E-state index contributed by atoms with van der Waals surface area (Å²) in [6.45, 7) is 19.1. The summed E-state index contributed by atoms with van der Waals surface area (Å²) in [7, 11) is 0. The second-order valence-electron chi connectivity index (χ2n) is 12.8. The van der Waals surface area contributed by atoms with E-state index >= 15 is 0 Å². The molecular weight excluding hydrogens is 478 g/mol. The second-order valence-corrected chi connectivity index (χ2v) is 12.8. The van der Waals surface area contributed by atoms with Crippen LogP contribution in [-0.2, 0) is 14.3 Å². The van der Waals surface area contributed by atoms with E-state index < -0.39 is 29.3 Å². The molecule has 1 saturated carbocycles. The molecule has 0 heterocycles. The fourth-order valence-electron chi connectivity index (χ4n) is 5.21. The third-order valence-electron chi connectivity index (χ3n) is 7.63. The van der Waals surface area contributed by atoms with E-state index in [0.29, 0.717) is 6.42 Å². The Kier molecular flexibility index (Phi) is 10.8. The van der Waals surface area contributed by atoms with Crippen LogP contribution in [0.15, 0.2) is 18.2 Å². The lowest BCUT2D eigenvalue weighted by Gasteiger charge is -2.46. The van der Waals surface area contributed by atoms with Crippen LogP contribution in [0, 0.1) is 19.8 Å². The fraction of sp³-hybridized carbons (Fsp3) is 0.710. The molecule has 0 radical (unpaired) electrons. The van der Waals surface area contributed by atoms with Crippen molar-refractivity contribution in [2.45, 2.75) is 137 Å². The Morgan fingerprint density at radius 2 is 1.55 bits per heavy atom. The smallest absolute Gasteiger partial charge is 0.408 e. The summed E-state index contributed by atoms with van der Waals surface area (Å²) in [4.78, 5) is 43.2. The molecule has 1 aliphatic carbocycles. The fourth-order valence-corrected chi connectivity index (χ4v) is 5.21. The van der Waals surface area contributed by atoms with Crippen molar-refractivity contribution in [1.29, 1.82) is 0 Å². The number of carbonyl (C=O) groups excluding carboxylic acids is 3. The quantitative estimate of drug-likeness (QED) is 0.390. The third kappa shape index (κ3) is 8.21. The van der Waals surface area contributed by atoms with Crippen molar-refractivity contribution in [3.63, 3.8) is 0 Å². The standard InChI is InChI=1S/C31H51N3O4/c1-11-31(9,10)34(28(36)25(20(2)3)33-29(37)38-30(6,7)8)26(24-21(4)16-15-17-22(24)5)27(35)32-23-18-13-12-14-19-23/h15-17,20,23,25-26H,11-14,18-19H2,1-10H3,(H,32,35)(H,33,37). The molecule has 2 unspecified atom stereocenters. The molecule has 7 heteroatoms. The average Bonchev–Trinajstić information content (AvgIpc) is 2.80. The summed E-state index contributed by atoms with van der Waals surface area (Å²) >= 11 is 0. The molecule has 2 N–H and O–H groups in total. The van der Waals surface area contributed by atoms with E-state index in [2.05, 4.69) is 10.6 Å². The number of carbonyl (C=O) groups is 3. The van der Waals surface area contributed by atoms with Gasteiger partial charge in [-0.25, -0.2) is 4.79 Å². The number of aryl methyl sites for hydroxylation is 2. The first kappa shape index (κ1) is 31.6. The van der Waals surface area contributed by atoms with Gasteiger partial charge in [-0.1, -0.05) is 58.2 Å². The number of nitrogens with one attached hydrogen (secondary N) is 2. The van der Waals surface area contributed by atoms with E-state index in [4.69, 9.17) is 4.74 Å². The van der Waals surface area contributed by atoms with E-state index in [1.54, 1.807) is 25.7 Å². The van der Waals surface area contributed by atoms with Crippen molar-refractivity contribution in [3.8, 4) is 0 Å². The summed E-state index contributed by atoms with van der Waals surface area (Å²) in [5.74, 6) is -0.668. The minimum Gasteiger partial charge on any atom is -0.444 e. The van der Waals surface area contributed by atoms with E-state index in [1.807, 2.05) is 66.7 Å². The predicted octanol–water partition coefficient (Wildman–Crippen LogP) is 6.36. The van der Waals surface area contributed by atoms with Gasteiger partial charge in [0, 0.05) is 11.6 Å². The van der Waals surface area contributed by atoms with Crippen LogP contribution in [0.5, 0.6) is 0 Å². The molecule has 0 bridgehead atoms. The average molecular weight is 530 g/mol. The molecule has 1 aromatic rings. The van der Waals surface area contributed by atoms with Gasteiger partial charge in [-0.15, -0.1) is 0 Å². The number of rotatable bonds is 9. The molecule has 214 valence electrons. The lowest BCUT2D eigenvalue weighted by Crippen LogP contribution is -2.61. The van der Waals surface area contributed by atoms with Crippen molar-refractivity contribution in [1.82, 2.24) is 15.5 Å². The van der Waals surface area contributed by atoms with Gasteiger partial charge >= 0.3 is 6.09 Å². The molecule has 3 amide bonds. The van der Waals surface area contributed by atoms with Crippen LogP contribution in [0.4, 0.5) is 4.79 Å². The molecule has 0 saturated heterocycles. The highest BCUT2D eigenvalue weighted by Gasteiger charge is 2.45. The van der Waals surface area contributed by atoms with Crippen LogP contribution < -0.4 is 10.6 Å². The highest BCUT2D eigenvalue weighted by Crippen LogP contribution is 2.36. The summed E-state index contributed by atoms with van der Waals surface area (Å²) in [6.07, 6.45) is 5.26. The first-order valence-electron chi connectivity index (χ1n) is 14.3. The maximum atomic E-state index is 14.5. The van der Waals surface area contributed by atoms with E-state index in [0.717, 1.165) is 42.4 Å². The molecule has 38 heavy (non-hydrogen) atoms. The molecule has 2 rings (SSSR count). The monoisotopic (exact) mass is 529 g/mol. The Hall–Kier alpha value is -2.57. The van der Waals surface area contributed by atoms with Gasteiger partial charge in [-0.05, 0) is 90.3 Å². The van der Waals surface area contributed by atoms with Crippen LogP contribution in [0.3, 0.4) is 0 Å². The van der Waals surface area contributed by atoms with Crippen molar-refractivity contribution in [2.75, 3.05) is 0 Å². The Balaban J connectivity index is 2.62. The minimum absolute atomic E-state index is 0.102. The molecule has 1 aliphatic rings. The Morgan fingerprint density at radius 3 is 2.03 bits per heavy atom. The lowest BCUT2D eigenvalue weighted by molar-refractivity contribution is -0.150. The molecule has 2 atom stereocenters. The van der Waals surface area contributed by atoms with Gasteiger partial charge in [-0.3, -0.25) is 9.59 Å². The van der Waals surface area contributed by atoms with Gasteiger partial charge in [0.05, 0.1) is 0 Å². The van der Waals surface area contributed by atoms with Crippen molar-refractivity contribution in [2.24, 2.45) is 5.92 Å². The van der Waals surface area contributed by atoms with E-state index in [-0.39, 0.29) is 23.8 Å². The topological polar surface area (TPSA) is 87.7 Å². The van der Waals surface area contributed by atoms with Gasteiger partial charge in [-0.2, -0.15) is 0 Å². The zero-order chi connectivity index (χ0) is 28.8. The van der Waals surface area contributed by atoms with Gasteiger partial charge in [0.1, 0.15) is 17.7 Å². The number of nitrogens with zero attached hydrogens (tertiary/aromatic N) is 1. The van der Waals surface area contributed by atoms with E-state index in [1.165, 1.54) is 6.42 Å². The Morgan fingerprint density at radius 1 is 1.00 bits per heavy atom. The van der Waals surface area contributed by atoms with E-state index in [9.17, 15) is 14.4 Å². The largest absolute Gasteiger partial charge is 0.444 e. The third-order valence-corrected chi connectivity index (χ3v) is 7.63. The second kappa shape index (κ2) is 13.0. The number of benzene rings is 1. The molecule has 7 nitrogen and oxygen atoms in total. The number of alkyl carbamates (subject to hydrolysis) is 1. The van der Waals surface area contributed by atoms with Crippen molar-refractivity contribution in [3.05, 3.63) is 34.9 Å². The lowest BCUT2D eigenvalue weighted by atomic mass is 9.87. The minimum atomic E-state index is -0.856. The van der Waals surface area contributed by atoms with Crippen LogP contribution in [-0.4, -0.2) is 46.0 Å². The SMILES string of the molecule is CCC(C)(C)N(C(=O)C(NC(=O)OC(C)(C)C)C(C)C)C(C(=O)NC1CCCCC1)c1c(C)cccc1C. The van der Waals surface area contributed by atoms with Gasteiger partial charge < -0.3 is 20.3 Å². The van der Waals surface area contributed by atoms with Crippen LogP contribution >= 0.6 is 0 Å². The first-order valence-corrected chi connectivity index (χ1v) is 14.3. The van der Waals surface area contributed by atoms with Gasteiger partial charge in [0.15, 0.2) is 0 Å². The molecule has 1 fully saturated rings. The number of hydrogen-bond donors (Lipinski definition) is 2. The van der Waals surface area contributed by atoms with Crippen molar-refractivity contribution < 1.29 is 19.1 Å². The predicted molar refractivity (Wildman–Crippen MR) is 153 cm³/mol. The number of hydrogen-bond acceptors (Lipinski definition) is 4. The summed E-state index contributed by atoms with van der Waals surface area (Å²) in [5.41, 5.74) is 1.40. The number of ether oxygens (including phenoxy) is 1. The highest BCUT2D eigenvalue weighted by molar-refractivity contribution is 5.93.